The molecule has 1 aliphatic rings. The summed E-state index contributed by atoms with van der Waals surface area (Å²) in [4.78, 5) is -0.0718. The number of sulfonamides is 1. The van der Waals surface area contributed by atoms with Crippen LogP contribution < -0.4 is 4.72 Å². The van der Waals surface area contributed by atoms with Crippen molar-refractivity contribution < 1.29 is 12.8 Å². The molecule has 0 unspecified atom stereocenters. The van der Waals surface area contributed by atoms with Gasteiger partial charge < -0.3 is 0 Å². The second kappa shape index (κ2) is 3.73. The van der Waals surface area contributed by atoms with E-state index in [0.717, 1.165) is 25.0 Å². The Morgan fingerprint density at radius 1 is 1.40 bits per heavy atom. The van der Waals surface area contributed by atoms with Crippen LogP contribution in [0.4, 0.5) is 4.39 Å². The maximum absolute atomic E-state index is 12.7. The first-order valence-corrected chi connectivity index (χ1v) is 6.32. The van der Waals surface area contributed by atoms with E-state index in [1.165, 1.54) is 6.07 Å². The van der Waals surface area contributed by atoms with Gasteiger partial charge in [0, 0.05) is 6.04 Å². The zero-order chi connectivity index (χ0) is 11.1. The van der Waals surface area contributed by atoms with Gasteiger partial charge in [0.05, 0.1) is 5.02 Å². The first kappa shape index (κ1) is 10.9. The van der Waals surface area contributed by atoms with Crippen molar-refractivity contribution >= 4 is 21.6 Å². The van der Waals surface area contributed by atoms with Crippen LogP contribution in [-0.4, -0.2) is 14.5 Å². The molecule has 0 atom stereocenters. The minimum atomic E-state index is -3.59. The van der Waals surface area contributed by atoms with Gasteiger partial charge in [0.1, 0.15) is 10.7 Å². The number of nitrogens with one attached hydrogen (secondary N) is 1. The Kier molecular flexibility index (Phi) is 2.70. The van der Waals surface area contributed by atoms with Crippen molar-refractivity contribution in [3.8, 4) is 0 Å². The highest BCUT2D eigenvalue weighted by Crippen LogP contribution is 2.26. The summed E-state index contributed by atoms with van der Waals surface area (Å²) in [5.74, 6) is -0.551. The number of halogens is 2. The molecule has 0 spiro atoms. The van der Waals surface area contributed by atoms with E-state index in [1.807, 2.05) is 0 Å². The highest BCUT2D eigenvalue weighted by atomic mass is 35.5. The van der Waals surface area contributed by atoms with Gasteiger partial charge in [-0.15, -0.1) is 0 Å². The monoisotopic (exact) mass is 249 g/mol. The number of rotatable bonds is 3. The summed E-state index contributed by atoms with van der Waals surface area (Å²) in [7, 11) is -3.59. The largest absolute Gasteiger partial charge is 0.242 e. The zero-order valence-electron chi connectivity index (χ0n) is 7.70. The molecule has 0 saturated heterocycles. The predicted octanol–water partition coefficient (Wildman–Crippen LogP) is 1.92. The zero-order valence-corrected chi connectivity index (χ0v) is 9.28. The Hall–Kier alpha value is -0.650. The highest BCUT2D eigenvalue weighted by Gasteiger charge is 2.29. The maximum Gasteiger partial charge on any atom is 0.242 e. The van der Waals surface area contributed by atoms with Gasteiger partial charge in [0.15, 0.2) is 0 Å². The van der Waals surface area contributed by atoms with Gasteiger partial charge in [-0.1, -0.05) is 11.6 Å². The molecule has 3 nitrogen and oxygen atoms in total. The van der Waals surface area contributed by atoms with Crippen LogP contribution in [0.1, 0.15) is 12.8 Å². The molecule has 1 saturated carbocycles. The quantitative estimate of drug-likeness (QED) is 0.890. The van der Waals surface area contributed by atoms with E-state index in [9.17, 15) is 12.8 Å². The van der Waals surface area contributed by atoms with Gasteiger partial charge in [-0.2, -0.15) is 0 Å². The molecule has 6 heteroatoms. The fourth-order valence-electron chi connectivity index (χ4n) is 1.18. The topological polar surface area (TPSA) is 46.2 Å². The standard InChI is InChI=1S/C9H9ClFNO2S/c10-8-5-6(11)1-4-9(8)15(13,14)12-7-2-3-7/h1,4-5,7,12H,2-3H2. The average Bonchev–Trinajstić information content (AvgIpc) is 2.86. The Bertz CT molecular complexity index is 485. The smallest absolute Gasteiger partial charge is 0.208 e. The van der Waals surface area contributed by atoms with Gasteiger partial charge in [-0.25, -0.2) is 17.5 Å². The number of hydrogen-bond donors (Lipinski definition) is 1. The lowest BCUT2D eigenvalue weighted by molar-refractivity contribution is 0.580. The van der Waals surface area contributed by atoms with Crippen molar-refractivity contribution in [2.24, 2.45) is 0 Å². The Balaban J connectivity index is 2.34. The minimum absolute atomic E-state index is 0.0103. The van der Waals surface area contributed by atoms with Crippen LogP contribution >= 0.6 is 11.6 Å². The summed E-state index contributed by atoms with van der Waals surface area (Å²) in [6.45, 7) is 0. The minimum Gasteiger partial charge on any atom is -0.208 e. The molecule has 0 bridgehead atoms. The molecular weight excluding hydrogens is 241 g/mol. The first-order valence-electron chi connectivity index (χ1n) is 4.46. The van der Waals surface area contributed by atoms with Gasteiger partial charge >= 0.3 is 0 Å². The van der Waals surface area contributed by atoms with E-state index in [1.54, 1.807) is 0 Å². The molecule has 82 valence electrons. The van der Waals surface area contributed by atoms with Crippen LogP contribution in [0.3, 0.4) is 0 Å². The summed E-state index contributed by atoms with van der Waals surface area (Å²) in [6, 6.07) is 3.25. The highest BCUT2D eigenvalue weighted by molar-refractivity contribution is 7.89. The molecule has 1 aliphatic carbocycles. The summed E-state index contributed by atoms with van der Waals surface area (Å²) < 4.78 is 38.6. The molecule has 1 aromatic carbocycles. The first-order chi connectivity index (χ1) is 6.99. The number of benzene rings is 1. The van der Waals surface area contributed by atoms with E-state index >= 15 is 0 Å². The predicted molar refractivity (Wildman–Crippen MR) is 54.8 cm³/mol. The van der Waals surface area contributed by atoms with Crippen molar-refractivity contribution in [3.63, 3.8) is 0 Å². The summed E-state index contributed by atoms with van der Waals surface area (Å²) in [6.07, 6.45) is 1.69. The van der Waals surface area contributed by atoms with Gasteiger partial charge in [0.2, 0.25) is 10.0 Å². The second-order valence-electron chi connectivity index (χ2n) is 3.47. The molecule has 1 aromatic rings. The normalized spacial score (nSPS) is 16.7. The third-order valence-corrected chi connectivity index (χ3v) is 4.09. The van der Waals surface area contributed by atoms with Gasteiger partial charge in [-0.05, 0) is 31.0 Å². The Morgan fingerprint density at radius 3 is 2.60 bits per heavy atom. The summed E-state index contributed by atoms with van der Waals surface area (Å²) in [5.41, 5.74) is 0. The van der Waals surface area contributed by atoms with Crippen LogP contribution in [0.2, 0.25) is 5.02 Å². The van der Waals surface area contributed by atoms with E-state index < -0.39 is 15.8 Å². The average molecular weight is 250 g/mol. The van der Waals surface area contributed by atoms with Crippen molar-refractivity contribution in [2.75, 3.05) is 0 Å². The van der Waals surface area contributed by atoms with Crippen molar-refractivity contribution in [1.82, 2.24) is 4.72 Å². The second-order valence-corrected chi connectivity index (χ2v) is 5.56. The SMILES string of the molecule is O=S(=O)(NC1CC1)c1ccc(F)cc1Cl. The van der Waals surface area contributed by atoms with E-state index in [0.29, 0.717) is 0 Å². The number of hydrogen-bond acceptors (Lipinski definition) is 2. The van der Waals surface area contributed by atoms with Crippen molar-refractivity contribution in [1.29, 1.82) is 0 Å². The lowest BCUT2D eigenvalue weighted by Gasteiger charge is -2.06. The van der Waals surface area contributed by atoms with Gasteiger partial charge in [-0.3, -0.25) is 0 Å². The summed E-state index contributed by atoms with van der Waals surface area (Å²) >= 11 is 5.66. The van der Waals surface area contributed by atoms with Crippen LogP contribution in [0.5, 0.6) is 0 Å². The Labute approximate surface area is 92.3 Å². The van der Waals surface area contributed by atoms with Crippen LogP contribution in [0.25, 0.3) is 0 Å². The maximum atomic E-state index is 12.7. The van der Waals surface area contributed by atoms with Crippen molar-refractivity contribution in [3.05, 3.63) is 29.0 Å². The molecule has 1 N–H and O–H groups in total. The van der Waals surface area contributed by atoms with Crippen molar-refractivity contribution in [2.45, 2.75) is 23.8 Å². The van der Waals surface area contributed by atoms with Crippen LogP contribution in [-0.2, 0) is 10.0 Å². The molecule has 0 heterocycles. The third-order valence-electron chi connectivity index (χ3n) is 2.08. The van der Waals surface area contributed by atoms with E-state index in [2.05, 4.69) is 4.72 Å². The lowest BCUT2D eigenvalue weighted by Crippen LogP contribution is -2.25. The molecular formula is C9H9ClFNO2S. The molecule has 2 rings (SSSR count). The third kappa shape index (κ3) is 2.48. The van der Waals surface area contributed by atoms with E-state index in [4.69, 9.17) is 11.6 Å². The molecule has 0 amide bonds. The molecule has 0 aromatic heterocycles. The lowest BCUT2D eigenvalue weighted by atomic mass is 10.3. The van der Waals surface area contributed by atoms with Crippen LogP contribution in [0, 0.1) is 5.82 Å². The molecule has 15 heavy (non-hydrogen) atoms. The fraction of sp³-hybridized carbons (Fsp3) is 0.333. The molecule has 0 aliphatic heterocycles. The summed E-state index contributed by atoms with van der Waals surface area (Å²) in [5, 5.41) is -0.0943. The van der Waals surface area contributed by atoms with E-state index in [-0.39, 0.29) is 16.0 Å². The Morgan fingerprint density at radius 2 is 2.07 bits per heavy atom. The van der Waals surface area contributed by atoms with Gasteiger partial charge in [0.25, 0.3) is 0 Å². The molecule has 1 fully saturated rings. The van der Waals surface area contributed by atoms with Crippen LogP contribution in [0.15, 0.2) is 23.1 Å². The molecule has 0 radical (unpaired) electrons. The fourth-order valence-corrected chi connectivity index (χ4v) is 3.01.